The molecule has 0 amide bonds. The number of rotatable bonds is 5. The Hall–Kier alpha value is -2.30. The molecule has 0 N–H and O–H groups in total. The lowest BCUT2D eigenvalue weighted by molar-refractivity contribution is 0.261. The molecule has 1 aromatic rings. The van der Waals surface area contributed by atoms with Gasteiger partial charge in [0, 0.05) is 6.54 Å². The summed E-state index contributed by atoms with van der Waals surface area (Å²) in [6, 6.07) is 11.0. The summed E-state index contributed by atoms with van der Waals surface area (Å²) < 4.78 is 5.57. The smallest absolute Gasteiger partial charge is 0.130 e. The molecular formula is C14H15N3O. The van der Waals surface area contributed by atoms with E-state index in [0.29, 0.717) is 6.61 Å². The van der Waals surface area contributed by atoms with Crippen LogP contribution in [-0.4, -0.2) is 32.1 Å². The first kappa shape index (κ1) is 13.8. The fourth-order valence-electron chi connectivity index (χ4n) is 1.30. The van der Waals surface area contributed by atoms with Gasteiger partial charge in [-0.1, -0.05) is 12.1 Å². The van der Waals surface area contributed by atoms with Crippen LogP contribution in [0.25, 0.3) is 6.08 Å². The summed E-state index contributed by atoms with van der Waals surface area (Å²) in [5.41, 5.74) is 0.871. The summed E-state index contributed by atoms with van der Waals surface area (Å²) in [4.78, 5) is 2.03. The summed E-state index contributed by atoms with van der Waals surface area (Å²) in [6.07, 6.45) is 1.54. The number of hydrogen-bond acceptors (Lipinski definition) is 4. The molecule has 92 valence electrons. The lowest BCUT2D eigenvalue weighted by Gasteiger charge is -2.11. The summed E-state index contributed by atoms with van der Waals surface area (Å²) in [5, 5.41) is 17.4. The Morgan fingerprint density at radius 1 is 1.33 bits per heavy atom. The van der Waals surface area contributed by atoms with Crippen molar-refractivity contribution < 1.29 is 4.74 Å². The van der Waals surface area contributed by atoms with Crippen LogP contribution in [0.3, 0.4) is 0 Å². The van der Waals surface area contributed by atoms with Crippen molar-refractivity contribution in [3.8, 4) is 17.9 Å². The lowest BCUT2D eigenvalue weighted by Crippen LogP contribution is -2.19. The van der Waals surface area contributed by atoms with E-state index < -0.39 is 0 Å². The van der Waals surface area contributed by atoms with Crippen LogP contribution < -0.4 is 4.74 Å². The fraction of sp³-hybridized carbons (Fsp3) is 0.286. The maximum Gasteiger partial charge on any atom is 0.130 e. The van der Waals surface area contributed by atoms with E-state index in [9.17, 15) is 0 Å². The molecule has 0 aliphatic carbocycles. The zero-order valence-corrected chi connectivity index (χ0v) is 10.6. The SMILES string of the molecule is CN(C)CCOc1cccc(C=C(C#N)C#N)c1. The van der Waals surface area contributed by atoms with Gasteiger partial charge in [0.05, 0.1) is 0 Å². The van der Waals surface area contributed by atoms with Gasteiger partial charge in [-0.15, -0.1) is 0 Å². The summed E-state index contributed by atoms with van der Waals surface area (Å²) in [5.74, 6) is 0.737. The largest absolute Gasteiger partial charge is 0.492 e. The predicted octanol–water partition coefficient (Wildman–Crippen LogP) is 2.06. The van der Waals surface area contributed by atoms with Gasteiger partial charge in [0.15, 0.2) is 0 Å². The third-order valence-electron chi connectivity index (χ3n) is 2.22. The van der Waals surface area contributed by atoms with Gasteiger partial charge < -0.3 is 9.64 Å². The van der Waals surface area contributed by atoms with E-state index in [4.69, 9.17) is 15.3 Å². The summed E-state index contributed by atoms with van der Waals surface area (Å²) in [7, 11) is 3.96. The molecule has 0 fully saturated rings. The van der Waals surface area contributed by atoms with Gasteiger partial charge in [-0.25, -0.2) is 0 Å². The molecule has 0 spiro atoms. The number of ether oxygens (including phenoxy) is 1. The zero-order valence-electron chi connectivity index (χ0n) is 10.6. The molecule has 0 atom stereocenters. The zero-order chi connectivity index (χ0) is 13.4. The Morgan fingerprint density at radius 2 is 2.06 bits per heavy atom. The van der Waals surface area contributed by atoms with Crippen LogP contribution in [0.2, 0.25) is 0 Å². The van der Waals surface area contributed by atoms with Gasteiger partial charge in [-0.05, 0) is 37.9 Å². The second-order valence-electron chi connectivity index (χ2n) is 4.01. The number of nitrogens with zero attached hydrogens (tertiary/aromatic N) is 3. The third kappa shape index (κ3) is 4.69. The van der Waals surface area contributed by atoms with E-state index in [2.05, 4.69) is 0 Å². The first-order valence-corrected chi connectivity index (χ1v) is 5.55. The van der Waals surface area contributed by atoms with Crippen molar-refractivity contribution in [3.63, 3.8) is 0 Å². The number of nitriles is 2. The molecule has 0 aliphatic rings. The average Bonchev–Trinajstić information content (AvgIpc) is 2.36. The number of allylic oxidation sites excluding steroid dienone is 1. The van der Waals surface area contributed by atoms with Crippen LogP contribution in [0, 0.1) is 22.7 Å². The van der Waals surface area contributed by atoms with E-state index in [-0.39, 0.29) is 5.57 Å². The van der Waals surface area contributed by atoms with E-state index in [1.54, 1.807) is 6.08 Å². The highest BCUT2D eigenvalue weighted by atomic mass is 16.5. The van der Waals surface area contributed by atoms with Gasteiger partial charge in [0.25, 0.3) is 0 Å². The van der Waals surface area contributed by atoms with E-state index in [1.807, 2.05) is 55.4 Å². The third-order valence-corrected chi connectivity index (χ3v) is 2.22. The average molecular weight is 241 g/mol. The molecule has 18 heavy (non-hydrogen) atoms. The molecule has 0 radical (unpaired) electrons. The van der Waals surface area contributed by atoms with Crippen LogP contribution >= 0.6 is 0 Å². The topological polar surface area (TPSA) is 60.0 Å². The molecule has 1 aromatic carbocycles. The Balaban J connectivity index is 2.72. The molecule has 1 rings (SSSR count). The van der Waals surface area contributed by atoms with Gasteiger partial charge in [-0.2, -0.15) is 10.5 Å². The minimum atomic E-state index is 0.0837. The number of hydrogen-bond donors (Lipinski definition) is 0. The standard InChI is InChI=1S/C14H15N3O/c1-17(2)6-7-18-14-5-3-4-12(9-14)8-13(10-15)11-16/h3-5,8-9H,6-7H2,1-2H3. The number of benzene rings is 1. The normalized spacial score (nSPS) is 9.39. The van der Waals surface area contributed by atoms with Gasteiger partial charge in [0.1, 0.15) is 30.1 Å². The van der Waals surface area contributed by atoms with Crippen molar-refractivity contribution in [2.75, 3.05) is 27.2 Å². The van der Waals surface area contributed by atoms with Gasteiger partial charge in [0.2, 0.25) is 0 Å². The van der Waals surface area contributed by atoms with E-state index in [0.717, 1.165) is 17.9 Å². The lowest BCUT2D eigenvalue weighted by atomic mass is 10.1. The second-order valence-corrected chi connectivity index (χ2v) is 4.01. The highest BCUT2D eigenvalue weighted by Gasteiger charge is 1.98. The Kier molecular flexibility index (Phi) is 5.44. The Labute approximate surface area is 107 Å². The van der Waals surface area contributed by atoms with Crippen LogP contribution in [0.1, 0.15) is 5.56 Å². The Morgan fingerprint density at radius 3 is 2.67 bits per heavy atom. The van der Waals surface area contributed by atoms with Crippen LogP contribution in [0.4, 0.5) is 0 Å². The molecule has 0 saturated heterocycles. The quantitative estimate of drug-likeness (QED) is 0.740. The Bertz CT molecular complexity index is 491. The van der Waals surface area contributed by atoms with Crippen molar-refractivity contribution in [1.29, 1.82) is 10.5 Å². The molecule has 4 heteroatoms. The molecular weight excluding hydrogens is 226 g/mol. The van der Waals surface area contributed by atoms with Crippen LogP contribution in [0.5, 0.6) is 5.75 Å². The molecule has 4 nitrogen and oxygen atoms in total. The van der Waals surface area contributed by atoms with E-state index in [1.165, 1.54) is 0 Å². The van der Waals surface area contributed by atoms with E-state index >= 15 is 0 Å². The minimum absolute atomic E-state index is 0.0837. The first-order chi connectivity index (χ1) is 8.65. The van der Waals surface area contributed by atoms with Crippen molar-refractivity contribution in [2.24, 2.45) is 0 Å². The monoisotopic (exact) mass is 241 g/mol. The summed E-state index contributed by atoms with van der Waals surface area (Å²) in [6.45, 7) is 1.44. The van der Waals surface area contributed by atoms with Crippen LogP contribution in [-0.2, 0) is 0 Å². The van der Waals surface area contributed by atoms with Crippen molar-refractivity contribution in [1.82, 2.24) is 4.90 Å². The molecule has 0 unspecified atom stereocenters. The minimum Gasteiger partial charge on any atom is -0.492 e. The van der Waals surface area contributed by atoms with Gasteiger partial charge >= 0.3 is 0 Å². The second kappa shape index (κ2) is 7.11. The fourth-order valence-corrected chi connectivity index (χ4v) is 1.30. The molecule has 0 aliphatic heterocycles. The highest BCUT2D eigenvalue weighted by Crippen LogP contribution is 2.15. The van der Waals surface area contributed by atoms with Gasteiger partial charge in [-0.3, -0.25) is 0 Å². The molecule has 0 aromatic heterocycles. The highest BCUT2D eigenvalue weighted by molar-refractivity contribution is 5.62. The molecule has 0 heterocycles. The van der Waals surface area contributed by atoms with Crippen LogP contribution in [0.15, 0.2) is 29.8 Å². The maximum atomic E-state index is 8.68. The predicted molar refractivity (Wildman–Crippen MR) is 69.7 cm³/mol. The number of likely N-dealkylation sites (N-methyl/N-ethyl adjacent to an activating group) is 1. The van der Waals surface area contributed by atoms with Crippen molar-refractivity contribution >= 4 is 6.08 Å². The first-order valence-electron chi connectivity index (χ1n) is 5.55. The van der Waals surface area contributed by atoms with Crippen molar-refractivity contribution in [2.45, 2.75) is 0 Å². The summed E-state index contributed by atoms with van der Waals surface area (Å²) >= 11 is 0. The maximum absolute atomic E-state index is 8.68. The van der Waals surface area contributed by atoms with Crippen molar-refractivity contribution in [3.05, 3.63) is 35.4 Å². The molecule has 0 bridgehead atoms. The molecule has 0 saturated carbocycles.